The first-order valence-corrected chi connectivity index (χ1v) is 27.8. The summed E-state index contributed by atoms with van der Waals surface area (Å²) in [5.74, 6) is 3.50. The lowest BCUT2D eigenvalue weighted by Crippen LogP contribution is -2.75. The molecule has 1 unspecified atom stereocenters. The van der Waals surface area contributed by atoms with Crippen molar-refractivity contribution in [2.75, 3.05) is 11.2 Å². The molecule has 2 nitrogen and oxygen atoms in total. The largest absolute Gasteiger partial charge is 0.416 e. The van der Waals surface area contributed by atoms with E-state index < -0.39 is 205 Å². The van der Waals surface area contributed by atoms with Gasteiger partial charge in [-0.3, -0.25) is 0 Å². The highest BCUT2D eigenvalue weighted by molar-refractivity contribution is 8.05. The van der Waals surface area contributed by atoms with Crippen LogP contribution in [-0.2, 0) is 82.4 Å². The monoisotopic (exact) mass is 1310 g/mol. The highest BCUT2D eigenvalue weighted by Crippen LogP contribution is 2.42. The fourth-order valence-electron chi connectivity index (χ4n) is 9.76. The maximum Gasteiger partial charge on any atom is 0.416 e. The van der Waals surface area contributed by atoms with Gasteiger partial charge in [-0.05, 0) is 65.6 Å². The first kappa shape index (κ1) is 69.1. The molecule has 0 aliphatic carbocycles. The molecule has 476 valence electrons. The van der Waals surface area contributed by atoms with Gasteiger partial charge in [0.1, 0.15) is 18.2 Å². The molecule has 0 saturated heterocycles. The number of hydrogen-bond donors (Lipinski definition) is 0. The molecule has 8 aromatic carbocycles. The summed E-state index contributed by atoms with van der Waals surface area (Å²) in [5.41, 5.74) is -24.6. The fraction of sp³-hybridized carbons (Fsp3) is 0.194. The minimum absolute atomic E-state index is 0.449. The zero-order valence-corrected chi connectivity index (χ0v) is 46.2. The van der Waals surface area contributed by atoms with Crippen LogP contribution in [0.2, 0.25) is 0 Å². The Bertz CT molecular complexity index is 3430. The lowest BCUT2D eigenvalue weighted by atomic mass is 9.12. The molecule has 90 heavy (non-hydrogen) atoms. The Morgan fingerprint density at radius 1 is 0.333 bits per heavy atom. The highest BCUT2D eigenvalue weighted by atomic mass is 32.2. The molecule has 8 aromatic rings. The molecular weight excluding hydrogens is 1270 g/mol. The van der Waals surface area contributed by atoms with Crippen LogP contribution >= 0.6 is 0 Å². The van der Waals surface area contributed by atoms with Gasteiger partial charge >= 0.3 is 49.4 Å². The van der Waals surface area contributed by atoms with Crippen LogP contribution in [0.25, 0.3) is 0 Å². The van der Waals surface area contributed by atoms with Gasteiger partial charge in [0.05, 0.1) is 44.5 Å². The summed E-state index contributed by atoms with van der Waals surface area (Å²) >= 11 is 0. The van der Waals surface area contributed by atoms with E-state index in [0.717, 1.165) is 29.9 Å². The third-order valence-corrected chi connectivity index (χ3v) is 15.2. The Morgan fingerprint density at radius 2 is 0.578 bits per heavy atom. The van der Waals surface area contributed by atoms with Crippen LogP contribution in [0.1, 0.15) is 66.8 Å². The van der Waals surface area contributed by atoms with Crippen molar-refractivity contribution in [3.8, 4) is 11.2 Å². The first-order chi connectivity index (χ1) is 41.3. The number of hydrogen-bond acceptors (Lipinski definition) is 2. The predicted molar refractivity (Wildman–Crippen MR) is 290 cm³/mol. The molecule has 0 fully saturated rings. The van der Waals surface area contributed by atoms with Gasteiger partial charge in [-0.1, -0.05) is 144 Å². The third-order valence-electron chi connectivity index (χ3n) is 13.8. The number of benzene rings is 8. The Balaban J connectivity index is 0.000000294. The van der Waals surface area contributed by atoms with Crippen molar-refractivity contribution in [3.05, 3.63) is 255 Å². The molecule has 0 saturated carbocycles. The Kier molecular flexibility index (Phi) is 19.6. The summed E-state index contributed by atoms with van der Waals surface area (Å²) in [4.78, 5) is 2.37. The number of nitrogens with zero attached hydrogens (tertiary/aromatic N) is 1. The van der Waals surface area contributed by atoms with E-state index in [4.69, 9.17) is 0 Å². The van der Waals surface area contributed by atoms with E-state index in [2.05, 4.69) is 88.9 Å². The van der Waals surface area contributed by atoms with Crippen LogP contribution < -0.4 is 26.8 Å². The summed E-state index contributed by atoms with van der Waals surface area (Å²) < 4.78 is 354. The zero-order valence-electron chi connectivity index (χ0n) is 45.4. The molecule has 0 heterocycles. The molecule has 0 aliphatic heterocycles. The van der Waals surface area contributed by atoms with E-state index in [1.54, 1.807) is 6.26 Å². The van der Waals surface area contributed by atoms with Crippen LogP contribution in [-0.4, -0.2) is 12.4 Å². The SMILES string of the molecule is C[S+](=O)(C#Cc1ccccc1)Cc1ccc(N(Cc2ccccc2)Cc2ccccc2)cc1.FC(F)(F)c1cc([B-](c2cc(C(F)(F)F)cc(C(F)(F)F)c2)(c2cc(C(F)(F)F)cc(C(F)(F)F)c2)c2cc(C(F)(F)F)cc(C(F)(F)F)c2)cc(C(F)(F)F)c1. The van der Waals surface area contributed by atoms with Crippen LogP contribution in [0.15, 0.2) is 188 Å². The van der Waals surface area contributed by atoms with Gasteiger partial charge in [-0.25, -0.2) is 0 Å². The second kappa shape index (κ2) is 25.5. The minimum Gasteiger partial charge on any atom is -0.363 e. The van der Waals surface area contributed by atoms with Crippen LogP contribution in [0.3, 0.4) is 0 Å². The summed E-state index contributed by atoms with van der Waals surface area (Å²) in [5, 5.41) is 2.99. The van der Waals surface area contributed by atoms with Gasteiger partial charge in [0, 0.05) is 29.9 Å². The Labute approximate surface area is 497 Å². The standard InChI is InChI=1S/C32H12BF24.C30H28NOS/c34-25(35,36)13-1-14(26(37,38)39)6-21(5-13)33(22-7-15(27(40,41)42)2-16(8-22)28(43,44)45,23-9-17(29(46,47)48)3-18(10-23)30(49,50)51)24-11-19(31(52,53)54)4-20(12-24)32(55,56)57;1-33(32,22-21-26-11-5-2-6-12-26)25-29-17-19-30(20-18-29)31(23-27-13-7-3-8-14-27)24-28-15-9-4-10-16-28/h1-12H;2-20H,23-25H2,1H3/q-1;+1. The molecule has 8 rings (SSSR count). The van der Waals surface area contributed by atoms with Crippen molar-refractivity contribution >= 4 is 43.6 Å². The predicted octanol–water partition coefficient (Wildman–Crippen LogP) is 17.7. The molecule has 0 amide bonds. The quantitative estimate of drug-likeness (QED) is 0.0557. The van der Waals surface area contributed by atoms with E-state index in [-0.39, 0.29) is 0 Å². The molecule has 0 spiro atoms. The maximum absolute atomic E-state index is 14.2. The molecule has 28 heteroatoms. The fourth-order valence-corrected chi connectivity index (χ4v) is 11.0. The topological polar surface area (TPSA) is 20.3 Å². The van der Waals surface area contributed by atoms with Crippen LogP contribution in [0, 0.1) is 11.2 Å². The van der Waals surface area contributed by atoms with Gasteiger partial charge in [-0.15, -0.1) is 0 Å². The number of anilines is 1. The first-order valence-electron chi connectivity index (χ1n) is 25.7. The Morgan fingerprint density at radius 3 is 0.822 bits per heavy atom. The molecule has 1 atom stereocenters. The number of rotatable bonds is 11. The van der Waals surface area contributed by atoms with Gasteiger partial charge in [0.2, 0.25) is 0 Å². The van der Waals surface area contributed by atoms with Crippen molar-refractivity contribution in [3.63, 3.8) is 0 Å². The summed E-state index contributed by atoms with van der Waals surface area (Å²) in [7, 11) is -2.29. The second-order valence-electron chi connectivity index (χ2n) is 20.5. The number of alkyl halides is 24. The molecule has 0 N–H and O–H groups in total. The van der Waals surface area contributed by atoms with E-state index in [9.17, 15) is 110 Å². The van der Waals surface area contributed by atoms with Gasteiger partial charge in [-0.2, -0.15) is 127 Å². The Hall–Kier alpha value is -8.35. The molecule has 0 aromatic heterocycles. The average molecular weight is 1310 g/mol. The normalized spacial score (nSPS) is 13.6. The van der Waals surface area contributed by atoms with E-state index >= 15 is 0 Å². The van der Waals surface area contributed by atoms with E-state index in [0.29, 0.717) is 5.75 Å². The molecule has 0 radical (unpaired) electrons. The summed E-state index contributed by atoms with van der Waals surface area (Å²) in [6.45, 7) is 1.64. The highest BCUT2D eigenvalue weighted by Gasteiger charge is 2.47. The smallest absolute Gasteiger partial charge is 0.363 e. The van der Waals surface area contributed by atoms with Crippen molar-refractivity contribution in [1.82, 2.24) is 0 Å². The van der Waals surface area contributed by atoms with Crippen molar-refractivity contribution < 1.29 is 110 Å². The van der Waals surface area contributed by atoms with Gasteiger partial charge in [0.25, 0.3) is 0 Å². The third kappa shape index (κ3) is 17.3. The summed E-state index contributed by atoms with van der Waals surface area (Å²) in [6.07, 6.45) is -53.1. The van der Waals surface area contributed by atoms with Crippen molar-refractivity contribution in [1.29, 1.82) is 0 Å². The summed E-state index contributed by atoms with van der Waals surface area (Å²) in [6, 6.07) is 30.3. The molecule has 0 aliphatic rings. The van der Waals surface area contributed by atoms with Gasteiger partial charge < -0.3 is 4.90 Å². The lowest BCUT2D eigenvalue weighted by molar-refractivity contribution is -0.144. The van der Waals surface area contributed by atoms with E-state index in [1.807, 2.05) is 42.5 Å². The average Bonchev–Trinajstić information content (AvgIpc) is 0.716. The minimum atomic E-state index is -6.13. The number of halogens is 24. The molecule has 0 bridgehead atoms. The van der Waals surface area contributed by atoms with Crippen molar-refractivity contribution in [2.45, 2.75) is 68.3 Å². The maximum atomic E-state index is 14.2. The van der Waals surface area contributed by atoms with E-state index in [1.165, 1.54) is 11.1 Å². The lowest BCUT2D eigenvalue weighted by Gasteiger charge is -2.46. The molecular formula is C62H40BF24NOS. The second-order valence-corrected chi connectivity index (χ2v) is 23.0. The van der Waals surface area contributed by atoms with Crippen LogP contribution in [0.4, 0.5) is 111 Å². The van der Waals surface area contributed by atoms with Crippen LogP contribution in [0.5, 0.6) is 0 Å². The zero-order chi connectivity index (χ0) is 66.8. The van der Waals surface area contributed by atoms with Gasteiger partial charge in [0.15, 0.2) is 15.2 Å². The van der Waals surface area contributed by atoms with Crippen molar-refractivity contribution in [2.24, 2.45) is 0 Å².